The lowest BCUT2D eigenvalue weighted by molar-refractivity contribution is 0.124. The highest BCUT2D eigenvalue weighted by Gasteiger charge is 2.12. The maximum Gasteiger partial charge on any atom is 0.119 e. The predicted molar refractivity (Wildman–Crippen MR) is 230 cm³/mol. The molecule has 1 fully saturated rings. The Morgan fingerprint density at radius 1 is 0.611 bits per heavy atom. The molecular weight excluding hydrogens is 661 g/mol. The standard InChI is InChI=1S/C20H18O.C19H20O.C12H14O/c1-15(11-12-16-7-3-2-4-8-16)20-18-10-6-5-9-17(18)13-14-19(20)21;1-17(14-15-19-11-6-3-7-12-19)20-16-8-13-18-9-4-2-5-10-18;1-2-5-11(6-3-1)8-9-12-7-4-10-13-12/h2-15,21H,1H3;2-15,17H,16H2,1H3;1-3,5-6,8-9,12H,4,7,10H2/b12-11+;13-8+,15-14+;9-8+. The summed E-state index contributed by atoms with van der Waals surface area (Å²) in [6.45, 7) is 5.70. The Morgan fingerprint density at radius 2 is 1.13 bits per heavy atom. The van der Waals surface area contributed by atoms with Gasteiger partial charge >= 0.3 is 0 Å². The number of hydrogen-bond acceptors (Lipinski definition) is 3. The van der Waals surface area contributed by atoms with E-state index >= 15 is 0 Å². The van der Waals surface area contributed by atoms with Crippen LogP contribution in [0.5, 0.6) is 5.75 Å². The second kappa shape index (κ2) is 22.4. The molecule has 6 aromatic rings. The summed E-state index contributed by atoms with van der Waals surface area (Å²) in [5.41, 5.74) is 5.80. The number of benzene rings is 6. The topological polar surface area (TPSA) is 38.7 Å². The van der Waals surface area contributed by atoms with Crippen molar-refractivity contribution < 1.29 is 14.6 Å². The van der Waals surface area contributed by atoms with E-state index in [1.807, 2.05) is 84.9 Å². The van der Waals surface area contributed by atoms with Crippen LogP contribution in [0.3, 0.4) is 0 Å². The fraction of sp³-hybridized carbons (Fsp3) is 0.176. The Hall–Kier alpha value is -5.74. The molecule has 0 bridgehead atoms. The van der Waals surface area contributed by atoms with E-state index in [0.29, 0.717) is 18.5 Å². The van der Waals surface area contributed by atoms with E-state index in [1.165, 1.54) is 35.1 Å². The third-order valence-corrected chi connectivity index (χ3v) is 8.97. The quantitative estimate of drug-likeness (QED) is 0.145. The molecule has 3 nitrogen and oxygen atoms in total. The van der Waals surface area contributed by atoms with Crippen LogP contribution in [0.15, 0.2) is 182 Å². The molecular formula is C51H52O3. The fourth-order valence-corrected chi connectivity index (χ4v) is 6.04. The van der Waals surface area contributed by atoms with Crippen molar-refractivity contribution in [3.63, 3.8) is 0 Å². The van der Waals surface area contributed by atoms with Crippen LogP contribution in [0, 0.1) is 0 Å². The van der Waals surface area contributed by atoms with Gasteiger partial charge in [-0.25, -0.2) is 0 Å². The molecule has 0 aromatic heterocycles. The lowest BCUT2D eigenvalue weighted by Crippen LogP contribution is -2.03. The van der Waals surface area contributed by atoms with Gasteiger partial charge in [-0.15, -0.1) is 0 Å². The number of ether oxygens (including phenoxy) is 2. The number of rotatable bonds is 11. The molecule has 7 rings (SSSR count). The molecule has 3 heteroatoms. The first-order valence-corrected chi connectivity index (χ1v) is 18.9. The molecule has 1 N–H and O–H groups in total. The maximum atomic E-state index is 10.2. The monoisotopic (exact) mass is 712 g/mol. The molecule has 1 saturated heterocycles. The highest BCUT2D eigenvalue weighted by atomic mass is 16.5. The molecule has 1 heterocycles. The van der Waals surface area contributed by atoms with Crippen LogP contribution in [-0.4, -0.2) is 30.5 Å². The van der Waals surface area contributed by atoms with Crippen molar-refractivity contribution in [2.24, 2.45) is 0 Å². The molecule has 0 spiro atoms. The zero-order valence-electron chi connectivity index (χ0n) is 31.5. The second-order valence-corrected chi connectivity index (χ2v) is 13.2. The molecule has 6 aromatic carbocycles. The summed E-state index contributed by atoms with van der Waals surface area (Å²) in [4.78, 5) is 0. The molecule has 0 amide bonds. The van der Waals surface area contributed by atoms with Gasteiger partial charge in [0.1, 0.15) is 5.75 Å². The highest BCUT2D eigenvalue weighted by molar-refractivity contribution is 5.88. The van der Waals surface area contributed by atoms with Crippen molar-refractivity contribution >= 4 is 35.1 Å². The van der Waals surface area contributed by atoms with Gasteiger partial charge in [-0.3, -0.25) is 0 Å². The first-order chi connectivity index (χ1) is 26.5. The number of aromatic hydroxyl groups is 1. The zero-order chi connectivity index (χ0) is 37.6. The summed E-state index contributed by atoms with van der Waals surface area (Å²) in [6, 6.07) is 53.0. The van der Waals surface area contributed by atoms with Gasteiger partial charge in [-0.05, 0) is 58.9 Å². The molecule has 3 atom stereocenters. The van der Waals surface area contributed by atoms with Gasteiger partial charge in [-0.2, -0.15) is 0 Å². The predicted octanol–water partition coefficient (Wildman–Crippen LogP) is 13.1. The smallest absolute Gasteiger partial charge is 0.119 e. The van der Waals surface area contributed by atoms with Gasteiger partial charge in [0.2, 0.25) is 0 Å². The van der Waals surface area contributed by atoms with Crippen molar-refractivity contribution in [3.05, 3.63) is 210 Å². The zero-order valence-corrected chi connectivity index (χ0v) is 31.5. The summed E-state index contributed by atoms with van der Waals surface area (Å²) in [6.07, 6.45) is 19.6. The SMILES string of the molecule is C(=C\C1CCCO1)/c1ccccc1.CC(/C=C/c1ccccc1)OC/C=C/c1ccccc1.CC(/C=C/c1ccccc1)c1c(O)ccc2ccccc12. The van der Waals surface area contributed by atoms with Crippen molar-refractivity contribution in [1.29, 1.82) is 0 Å². The number of fused-ring (bicyclic) bond motifs is 1. The number of phenols is 1. The Balaban J connectivity index is 0.000000160. The Morgan fingerprint density at radius 3 is 1.70 bits per heavy atom. The summed E-state index contributed by atoms with van der Waals surface area (Å²) >= 11 is 0. The lowest BCUT2D eigenvalue weighted by atomic mass is 9.93. The van der Waals surface area contributed by atoms with Crippen molar-refractivity contribution in [2.45, 2.75) is 44.8 Å². The summed E-state index contributed by atoms with van der Waals surface area (Å²) in [5, 5.41) is 12.5. The van der Waals surface area contributed by atoms with Crippen LogP contribution >= 0.6 is 0 Å². The largest absolute Gasteiger partial charge is 0.508 e. The van der Waals surface area contributed by atoms with Gasteiger partial charge in [-0.1, -0.05) is 207 Å². The Kier molecular flexibility index (Phi) is 16.3. The van der Waals surface area contributed by atoms with E-state index in [1.54, 1.807) is 6.07 Å². The van der Waals surface area contributed by atoms with Gasteiger partial charge in [0.15, 0.2) is 0 Å². The second-order valence-electron chi connectivity index (χ2n) is 13.2. The van der Waals surface area contributed by atoms with E-state index in [9.17, 15) is 5.11 Å². The minimum Gasteiger partial charge on any atom is -0.508 e. The first kappa shape index (κ1) is 39.5. The molecule has 274 valence electrons. The normalized spacial score (nSPS) is 15.3. The molecule has 0 radical (unpaired) electrons. The maximum absolute atomic E-state index is 10.2. The third kappa shape index (κ3) is 13.7. The van der Waals surface area contributed by atoms with E-state index < -0.39 is 0 Å². The summed E-state index contributed by atoms with van der Waals surface area (Å²) < 4.78 is 11.2. The van der Waals surface area contributed by atoms with Gasteiger partial charge in [0, 0.05) is 18.1 Å². The molecule has 1 aliphatic heterocycles. The first-order valence-electron chi connectivity index (χ1n) is 18.9. The number of allylic oxidation sites excluding steroid dienone is 1. The number of phenolic OH excluding ortho intramolecular Hbond substituents is 1. The Bertz CT molecular complexity index is 2040. The van der Waals surface area contributed by atoms with Crippen LogP contribution in [0.2, 0.25) is 0 Å². The fourth-order valence-electron chi connectivity index (χ4n) is 6.04. The summed E-state index contributed by atoms with van der Waals surface area (Å²) in [5.74, 6) is 0.509. The third-order valence-electron chi connectivity index (χ3n) is 8.97. The molecule has 0 aliphatic carbocycles. The van der Waals surface area contributed by atoms with Crippen LogP contribution in [0.25, 0.3) is 35.1 Å². The molecule has 1 aliphatic rings. The summed E-state index contributed by atoms with van der Waals surface area (Å²) in [7, 11) is 0. The molecule has 0 saturated carbocycles. The van der Waals surface area contributed by atoms with E-state index in [-0.39, 0.29) is 12.0 Å². The highest BCUT2D eigenvalue weighted by Crippen LogP contribution is 2.34. The van der Waals surface area contributed by atoms with Crippen LogP contribution in [0.1, 0.15) is 60.4 Å². The molecule has 54 heavy (non-hydrogen) atoms. The van der Waals surface area contributed by atoms with Crippen LogP contribution in [-0.2, 0) is 9.47 Å². The van der Waals surface area contributed by atoms with Gasteiger partial charge in [0.25, 0.3) is 0 Å². The average Bonchev–Trinajstić information content (AvgIpc) is 3.76. The van der Waals surface area contributed by atoms with Crippen molar-refractivity contribution in [1.82, 2.24) is 0 Å². The Labute approximate surface area is 322 Å². The van der Waals surface area contributed by atoms with Gasteiger partial charge in [0.05, 0.1) is 18.8 Å². The lowest BCUT2D eigenvalue weighted by Gasteiger charge is -2.13. The van der Waals surface area contributed by atoms with Crippen molar-refractivity contribution in [3.8, 4) is 5.75 Å². The van der Waals surface area contributed by atoms with Crippen molar-refractivity contribution in [2.75, 3.05) is 13.2 Å². The van der Waals surface area contributed by atoms with Gasteiger partial charge < -0.3 is 14.6 Å². The van der Waals surface area contributed by atoms with E-state index in [2.05, 4.69) is 129 Å². The minimum absolute atomic E-state index is 0.107. The molecule has 3 unspecified atom stereocenters. The van der Waals surface area contributed by atoms with E-state index in [4.69, 9.17) is 9.47 Å². The average molecular weight is 713 g/mol. The van der Waals surface area contributed by atoms with Crippen LogP contribution in [0.4, 0.5) is 0 Å². The van der Waals surface area contributed by atoms with Crippen LogP contribution < -0.4 is 0 Å². The van der Waals surface area contributed by atoms with E-state index in [0.717, 1.165) is 22.9 Å². The minimum atomic E-state index is 0.107. The number of hydrogen-bond donors (Lipinski definition) is 1.